The molecule has 3 aliphatic rings. The lowest BCUT2D eigenvalue weighted by Gasteiger charge is -2.35. The van der Waals surface area contributed by atoms with Crippen molar-refractivity contribution in [2.24, 2.45) is 0 Å². The number of carbonyl (C=O) groups is 6. The summed E-state index contributed by atoms with van der Waals surface area (Å²) < 4.78 is 34.4. The smallest absolute Gasteiger partial charge is 0.407 e. The zero-order valence-electron chi connectivity index (χ0n) is 27.2. The van der Waals surface area contributed by atoms with Gasteiger partial charge >= 0.3 is 12.1 Å². The van der Waals surface area contributed by atoms with Gasteiger partial charge in [0.25, 0.3) is 17.7 Å². The molecule has 16 nitrogen and oxygen atoms in total. The standard InChI is InChI=1S/C32H39F2N7O9/c33-32(34)10-13-37(14-11-32)30(47)24-7-4-12-40(24)25(42)20-50-26-19-23(36-41(26)21-5-2-1-3-6-21)28(45)35-22(8-9-27(43)44)29(46)38-15-17-39(18-16-38)31(48)49/h1-3,5-6,19,22,24H,4,7-18,20H2,(H,35,45)(H,43,44)(H,48,49)/t22-,24-/m0/s1. The third kappa shape index (κ3) is 8.64. The Bertz CT molecular complexity index is 1590. The number of hydrogen-bond donors (Lipinski definition) is 3. The molecule has 18 heteroatoms. The summed E-state index contributed by atoms with van der Waals surface area (Å²) in [5.41, 5.74) is 0.274. The molecule has 3 N–H and O–H groups in total. The number of nitrogens with zero attached hydrogens (tertiary/aromatic N) is 6. The predicted octanol–water partition coefficient (Wildman–Crippen LogP) is 1.29. The van der Waals surface area contributed by atoms with E-state index in [-0.39, 0.29) is 69.7 Å². The van der Waals surface area contributed by atoms with E-state index in [0.29, 0.717) is 18.5 Å². The summed E-state index contributed by atoms with van der Waals surface area (Å²) in [6.45, 7) is -0.170. The number of aliphatic carboxylic acids is 1. The number of alkyl halides is 2. The third-order valence-electron chi connectivity index (χ3n) is 9.03. The maximum Gasteiger partial charge on any atom is 0.407 e. The van der Waals surface area contributed by atoms with E-state index in [4.69, 9.17) is 4.74 Å². The van der Waals surface area contributed by atoms with Gasteiger partial charge in [0.15, 0.2) is 12.3 Å². The molecule has 1 aromatic carbocycles. The average molecular weight is 704 g/mol. The highest BCUT2D eigenvalue weighted by molar-refractivity contribution is 5.96. The second kappa shape index (κ2) is 15.5. The Morgan fingerprint density at radius 1 is 0.920 bits per heavy atom. The van der Waals surface area contributed by atoms with Crippen LogP contribution in [-0.2, 0) is 19.2 Å². The molecule has 3 saturated heterocycles. The molecule has 50 heavy (non-hydrogen) atoms. The lowest BCUT2D eigenvalue weighted by molar-refractivity contribution is -0.148. The van der Waals surface area contributed by atoms with Gasteiger partial charge in [0, 0.05) is 71.1 Å². The van der Waals surface area contributed by atoms with Crippen LogP contribution in [0, 0.1) is 0 Å². The molecule has 270 valence electrons. The van der Waals surface area contributed by atoms with Crippen LogP contribution in [0.25, 0.3) is 5.69 Å². The Kier molecular flexibility index (Phi) is 11.2. The Hall–Kier alpha value is -5.29. The number of likely N-dealkylation sites (tertiary alicyclic amines) is 2. The van der Waals surface area contributed by atoms with Gasteiger partial charge in [-0.2, -0.15) is 5.10 Å². The van der Waals surface area contributed by atoms with Crippen molar-refractivity contribution >= 4 is 35.7 Å². The Balaban J connectivity index is 1.28. The van der Waals surface area contributed by atoms with Crippen molar-refractivity contribution in [1.29, 1.82) is 0 Å². The maximum absolute atomic E-state index is 13.7. The molecular formula is C32H39F2N7O9. The van der Waals surface area contributed by atoms with E-state index < -0.39 is 73.7 Å². The van der Waals surface area contributed by atoms with Crippen molar-refractivity contribution < 1.29 is 52.5 Å². The highest BCUT2D eigenvalue weighted by atomic mass is 19.3. The largest absolute Gasteiger partial charge is 0.481 e. The first kappa shape index (κ1) is 36.0. The number of hydrogen-bond acceptors (Lipinski definition) is 8. The first-order valence-corrected chi connectivity index (χ1v) is 16.4. The van der Waals surface area contributed by atoms with E-state index in [0.717, 1.165) is 4.90 Å². The molecule has 5 amide bonds. The average Bonchev–Trinajstić information content (AvgIpc) is 3.77. The van der Waals surface area contributed by atoms with Crippen LogP contribution in [0.4, 0.5) is 13.6 Å². The van der Waals surface area contributed by atoms with Crippen LogP contribution in [0.1, 0.15) is 49.0 Å². The van der Waals surface area contributed by atoms with E-state index in [1.165, 1.54) is 25.4 Å². The zero-order valence-corrected chi connectivity index (χ0v) is 27.2. The lowest BCUT2D eigenvalue weighted by Crippen LogP contribution is -2.55. The molecule has 0 saturated carbocycles. The van der Waals surface area contributed by atoms with Crippen molar-refractivity contribution in [3.63, 3.8) is 0 Å². The Morgan fingerprint density at radius 2 is 1.58 bits per heavy atom. The van der Waals surface area contributed by atoms with E-state index in [2.05, 4.69) is 10.4 Å². The zero-order chi connectivity index (χ0) is 36.0. The molecular weight excluding hydrogens is 664 g/mol. The van der Waals surface area contributed by atoms with Crippen LogP contribution in [0.5, 0.6) is 5.88 Å². The molecule has 3 aliphatic heterocycles. The monoisotopic (exact) mass is 703 g/mol. The van der Waals surface area contributed by atoms with Crippen LogP contribution in [0.15, 0.2) is 36.4 Å². The van der Waals surface area contributed by atoms with Crippen LogP contribution in [0.2, 0.25) is 0 Å². The number of carboxylic acids is 1. The number of aromatic nitrogens is 2. The fraction of sp³-hybridized carbons (Fsp3) is 0.531. The molecule has 0 unspecified atom stereocenters. The summed E-state index contributed by atoms with van der Waals surface area (Å²) in [6.07, 6.45) is -1.70. The number of piperidine rings is 1. The molecule has 0 bridgehead atoms. The number of carboxylic acid groups (broad SMARTS) is 2. The third-order valence-corrected chi connectivity index (χ3v) is 9.03. The fourth-order valence-electron chi connectivity index (χ4n) is 6.23. The number of benzene rings is 1. The SMILES string of the molecule is O=C(O)CC[C@H](NC(=O)c1cc(OCC(=O)N2CCC[C@H]2C(=O)N2CCC(F)(F)CC2)n(-c2ccccc2)n1)C(=O)N1CCN(C(=O)O)CC1. The number of para-hydroxylation sites is 1. The fourth-order valence-corrected chi connectivity index (χ4v) is 6.23. The van der Waals surface area contributed by atoms with Crippen molar-refractivity contribution in [1.82, 2.24) is 34.7 Å². The van der Waals surface area contributed by atoms with Crippen LogP contribution < -0.4 is 10.1 Å². The molecule has 0 spiro atoms. The van der Waals surface area contributed by atoms with Crippen molar-refractivity contribution in [2.75, 3.05) is 52.4 Å². The Morgan fingerprint density at radius 3 is 2.22 bits per heavy atom. The summed E-state index contributed by atoms with van der Waals surface area (Å²) in [4.78, 5) is 81.2. The van der Waals surface area contributed by atoms with Crippen molar-refractivity contribution in [2.45, 2.75) is 56.5 Å². The minimum Gasteiger partial charge on any atom is -0.481 e. The summed E-state index contributed by atoms with van der Waals surface area (Å²) >= 11 is 0. The number of rotatable bonds is 11. The minimum absolute atomic E-state index is 0.00626. The van der Waals surface area contributed by atoms with Gasteiger partial charge in [-0.05, 0) is 31.4 Å². The van der Waals surface area contributed by atoms with E-state index in [9.17, 15) is 47.8 Å². The van der Waals surface area contributed by atoms with Crippen LogP contribution in [-0.4, -0.2) is 146 Å². The number of piperazine rings is 1. The maximum atomic E-state index is 13.7. The normalized spacial score (nSPS) is 19.5. The molecule has 0 radical (unpaired) electrons. The Labute approximate surface area is 285 Å². The number of halogens is 2. The first-order chi connectivity index (χ1) is 23.8. The quantitative estimate of drug-likeness (QED) is 0.307. The second-order valence-corrected chi connectivity index (χ2v) is 12.4. The number of ether oxygens (including phenoxy) is 1. The van der Waals surface area contributed by atoms with Gasteiger partial charge in [-0.1, -0.05) is 18.2 Å². The van der Waals surface area contributed by atoms with Crippen molar-refractivity contribution in [3.05, 3.63) is 42.1 Å². The van der Waals surface area contributed by atoms with Crippen LogP contribution >= 0.6 is 0 Å². The van der Waals surface area contributed by atoms with Crippen molar-refractivity contribution in [3.8, 4) is 11.6 Å². The summed E-state index contributed by atoms with van der Waals surface area (Å²) in [6, 6.07) is 7.76. The highest BCUT2D eigenvalue weighted by Crippen LogP contribution is 2.30. The molecule has 5 rings (SSSR count). The van der Waals surface area contributed by atoms with Gasteiger partial charge in [-0.3, -0.25) is 24.0 Å². The van der Waals surface area contributed by atoms with Gasteiger partial charge in [-0.25, -0.2) is 18.3 Å². The molecule has 3 fully saturated rings. The summed E-state index contributed by atoms with van der Waals surface area (Å²) in [7, 11) is 0. The second-order valence-electron chi connectivity index (χ2n) is 12.4. The number of nitrogens with one attached hydrogen (secondary N) is 1. The van der Waals surface area contributed by atoms with E-state index in [1.54, 1.807) is 30.3 Å². The lowest BCUT2D eigenvalue weighted by atomic mass is 10.1. The molecule has 4 heterocycles. The first-order valence-electron chi connectivity index (χ1n) is 16.4. The summed E-state index contributed by atoms with van der Waals surface area (Å²) in [5, 5.41) is 25.4. The molecule has 1 aromatic heterocycles. The van der Waals surface area contributed by atoms with Gasteiger partial charge in [-0.15, -0.1) is 0 Å². The van der Waals surface area contributed by atoms with E-state index >= 15 is 0 Å². The van der Waals surface area contributed by atoms with E-state index in [1.807, 2.05) is 0 Å². The molecule has 0 aliphatic carbocycles. The minimum atomic E-state index is -2.82. The summed E-state index contributed by atoms with van der Waals surface area (Å²) in [5.74, 6) is -6.29. The van der Waals surface area contributed by atoms with Gasteiger partial charge in [0.2, 0.25) is 17.7 Å². The number of carbonyl (C=O) groups excluding carboxylic acids is 4. The number of amides is 5. The van der Waals surface area contributed by atoms with Gasteiger partial charge in [0.1, 0.15) is 12.1 Å². The molecule has 2 aromatic rings. The predicted molar refractivity (Wildman–Crippen MR) is 169 cm³/mol. The highest BCUT2D eigenvalue weighted by Gasteiger charge is 2.41. The van der Waals surface area contributed by atoms with Gasteiger partial charge < -0.3 is 39.9 Å². The van der Waals surface area contributed by atoms with Crippen LogP contribution in [0.3, 0.4) is 0 Å². The van der Waals surface area contributed by atoms with Gasteiger partial charge in [0.05, 0.1) is 5.69 Å². The topological polar surface area (TPSA) is 195 Å². The molecule has 2 atom stereocenters.